The van der Waals surface area contributed by atoms with E-state index < -0.39 is 0 Å². The van der Waals surface area contributed by atoms with Crippen molar-refractivity contribution in [2.45, 2.75) is 26.2 Å². The third kappa shape index (κ3) is 0.971. The summed E-state index contributed by atoms with van der Waals surface area (Å²) in [6.45, 7) is 2.09. The van der Waals surface area contributed by atoms with Gasteiger partial charge >= 0.3 is 0 Å². The van der Waals surface area contributed by atoms with Crippen molar-refractivity contribution < 1.29 is 4.79 Å². The predicted molar refractivity (Wildman–Crippen MR) is 32.6 cm³/mol. The Morgan fingerprint density at radius 1 is 1.75 bits per heavy atom. The normalized spacial score (nSPS) is 19.1. The molecule has 0 bridgehead atoms. The fourth-order valence-electron chi connectivity index (χ4n) is 0.925. The highest BCUT2D eigenvalue weighted by Gasteiger charge is 2.09. The van der Waals surface area contributed by atoms with Gasteiger partial charge in [-0.1, -0.05) is 18.6 Å². The topological polar surface area (TPSA) is 17.1 Å². The summed E-state index contributed by atoms with van der Waals surface area (Å²) < 4.78 is 0. The molecule has 0 radical (unpaired) electrons. The zero-order valence-corrected chi connectivity index (χ0v) is 5.11. The number of allylic oxidation sites excluding steroid dienone is 2. The van der Waals surface area contributed by atoms with Gasteiger partial charge in [-0.3, -0.25) is 4.79 Å². The summed E-state index contributed by atoms with van der Waals surface area (Å²) in [4.78, 5) is 10.6. The van der Waals surface area contributed by atoms with Crippen LogP contribution in [0.15, 0.2) is 11.6 Å². The van der Waals surface area contributed by atoms with E-state index in [-0.39, 0.29) is 0 Å². The van der Waals surface area contributed by atoms with E-state index >= 15 is 0 Å². The molecule has 1 heteroatoms. The van der Waals surface area contributed by atoms with E-state index in [1.54, 1.807) is 0 Å². The number of Topliss-reactive ketones (excluding diaryl/α,β-unsaturated/α-hetero) is 1. The van der Waals surface area contributed by atoms with Crippen LogP contribution in [0.5, 0.6) is 0 Å². The summed E-state index contributed by atoms with van der Waals surface area (Å²) in [5, 5.41) is 0. The zero-order valence-electron chi connectivity index (χ0n) is 5.11. The number of ketones is 1. The Balaban J connectivity index is 2.49. The van der Waals surface area contributed by atoms with E-state index in [2.05, 4.69) is 6.92 Å². The molecular weight excluding hydrogens is 100 g/mol. The van der Waals surface area contributed by atoms with Crippen molar-refractivity contribution in [2.75, 3.05) is 0 Å². The molecule has 0 unspecified atom stereocenters. The number of hydrogen-bond donors (Lipinski definition) is 0. The molecule has 1 aliphatic carbocycles. The molecule has 0 aliphatic heterocycles. The third-order valence-corrected chi connectivity index (χ3v) is 1.50. The van der Waals surface area contributed by atoms with Crippen molar-refractivity contribution in [3.63, 3.8) is 0 Å². The molecule has 1 nitrogen and oxygen atoms in total. The number of rotatable bonds is 1. The van der Waals surface area contributed by atoms with E-state index in [4.69, 9.17) is 0 Å². The van der Waals surface area contributed by atoms with Crippen LogP contribution in [-0.2, 0) is 4.79 Å². The number of carbonyl (C=O) groups is 1. The van der Waals surface area contributed by atoms with Gasteiger partial charge in [-0.15, -0.1) is 0 Å². The molecule has 0 saturated heterocycles. The fourth-order valence-corrected chi connectivity index (χ4v) is 0.925. The SMILES string of the molecule is CCC1=CCC(=O)C1. The quantitative estimate of drug-likeness (QED) is 0.469. The van der Waals surface area contributed by atoms with Crippen LogP contribution >= 0.6 is 0 Å². The lowest BCUT2D eigenvalue weighted by atomic mass is 10.2. The Labute approximate surface area is 49.4 Å². The zero-order chi connectivity index (χ0) is 5.98. The van der Waals surface area contributed by atoms with Gasteiger partial charge in [0.2, 0.25) is 0 Å². The molecule has 0 amide bonds. The first-order valence-corrected chi connectivity index (χ1v) is 3.02. The molecule has 8 heavy (non-hydrogen) atoms. The molecule has 0 heterocycles. The molecule has 0 aromatic heterocycles. The van der Waals surface area contributed by atoms with Gasteiger partial charge in [-0.2, -0.15) is 0 Å². The average Bonchev–Trinajstić information content (AvgIpc) is 2.14. The largest absolute Gasteiger partial charge is 0.299 e. The maximum Gasteiger partial charge on any atom is 0.140 e. The second-order valence-electron chi connectivity index (χ2n) is 2.14. The summed E-state index contributed by atoms with van der Waals surface area (Å²) in [5.41, 5.74) is 1.31. The van der Waals surface area contributed by atoms with Gasteiger partial charge in [0.05, 0.1) is 0 Å². The van der Waals surface area contributed by atoms with E-state index in [0.29, 0.717) is 12.2 Å². The molecule has 0 spiro atoms. The van der Waals surface area contributed by atoms with Crippen molar-refractivity contribution in [1.82, 2.24) is 0 Å². The Morgan fingerprint density at radius 2 is 2.50 bits per heavy atom. The van der Waals surface area contributed by atoms with Crippen LogP contribution in [0.4, 0.5) is 0 Å². The van der Waals surface area contributed by atoms with Crippen LogP contribution < -0.4 is 0 Å². The molecule has 1 aliphatic rings. The van der Waals surface area contributed by atoms with E-state index in [1.165, 1.54) is 5.57 Å². The Bertz CT molecular complexity index is 133. The molecule has 0 atom stereocenters. The minimum absolute atomic E-state index is 0.377. The van der Waals surface area contributed by atoms with Gasteiger partial charge in [-0.05, 0) is 6.42 Å². The second-order valence-corrected chi connectivity index (χ2v) is 2.14. The van der Waals surface area contributed by atoms with Gasteiger partial charge in [0.25, 0.3) is 0 Å². The molecule has 0 N–H and O–H groups in total. The lowest BCUT2D eigenvalue weighted by molar-refractivity contribution is -0.117. The average molecular weight is 110 g/mol. The molecule has 1 rings (SSSR count). The predicted octanol–water partition coefficient (Wildman–Crippen LogP) is 1.69. The smallest absolute Gasteiger partial charge is 0.140 e. The highest BCUT2D eigenvalue weighted by Crippen LogP contribution is 2.16. The first-order valence-electron chi connectivity index (χ1n) is 3.02. The highest BCUT2D eigenvalue weighted by atomic mass is 16.1. The molecule has 0 fully saturated rings. The fraction of sp³-hybridized carbons (Fsp3) is 0.571. The van der Waals surface area contributed by atoms with Crippen molar-refractivity contribution in [3.05, 3.63) is 11.6 Å². The second kappa shape index (κ2) is 2.12. The van der Waals surface area contributed by atoms with Crippen LogP contribution in [0, 0.1) is 0 Å². The van der Waals surface area contributed by atoms with Crippen LogP contribution in [-0.4, -0.2) is 5.78 Å². The van der Waals surface area contributed by atoms with Crippen LogP contribution in [0.3, 0.4) is 0 Å². The summed E-state index contributed by atoms with van der Waals surface area (Å²) >= 11 is 0. The molecule has 0 aromatic rings. The van der Waals surface area contributed by atoms with Gasteiger partial charge < -0.3 is 0 Å². The lowest BCUT2D eigenvalue weighted by Gasteiger charge is -1.88. The van der Waals surface area contributed by atoms with E-state index in [0.717, 1.165) is 12.8 Å². The Morgan fingerprint density at radius 3 is 2.75 bits per heavy atom. The Kier molecular flexibility index (Phi) is 1.47. The first-order chi connectivity index (χ1) is 3.83. The van der Waals surface area contributed by atoms with Gasteiger partial charge in [0.1, 0.15) is 5.78 Å². The van der Waals surface area contributed by atoms with Crippen LogP contribution in [0.25, 0.3) is 0 Å². The minimum Gasteiger partial charge on any atom is -0.299 e. The monoisotopic (exact) mass is 110 g/mol. The van der Waals surface area contributed by atoms with Crippen molar-refractivity contribution in [1.29, 1.82) is 0 Å². The van der Waals surface area contributed by atoms with Crippen LogP contribution in [0.2, 0.25) is 0 Å². The lowest BCUT2D eigenvalue weighted by Crippen LogP contribution is -1.86. The Hall–Kier alpha value is -0.590. The minimum atomic E-state index is 0.377. The molecule has 0 aromatic carbocycles. The molecule has 0 saturated carbocycles. The van der Waals surface area contributed by atoms with Crippen molar-refractivity contribution in [2.24, 2.45) is 0 Å². The maximum absolute atomic E-state index is 10.6. The first kappa shape index (κ1) is 5.54. The van der Waals surface area contributed by atoms with E-state index in [1.807, 2.05) is 6.08 Å². The summed E-state index contributed by atoms with van der Waals surface area (Å²) in [6.07, 6.45) is 4.49. The summed E-state index contributed by atoms with van der Waals surface area (Å²) in [7, 11) is 0. The van der Waals surface area contributed by atoms with Crippen LogP contribution in [0.1, 0.15) is 26.2 Å². The van der Waals surface area contributed by atoms with Crippen molar-refractivity contribution >= 4 is 5.78 Å². The van der Waals surface area contributed by atoms with Gasteiger partial charge in [0.15, 0.2) is 0 Å². The third-order valence-electron chi connectivity index (χ3n) is 1.50. The number of carbonyl (C=O) groups excluding carboxylic acids is 1. The van der Waals surface area contributed by atoms with Gasteiger partial charge in [0, 0.05) is 12.8 Å². The maximum atomic E-state index is 10.6. The molecule has 44 valence electrons. The van der Waals surface area contributed by atoms with E-state index in [9.17, 15) is 4.79 Å². The van der Waals surface area contributed by atoms with Gasteiger partial charge in [-0.25, -0.2) is 0 Å². The highest BCUT2D eigenvalue weighted by molar-refractivity contribution is 5.85. The molecular formula is C7H10O. The number of hydrogen-bond acceptors (Lipinski definition) is 1. The summed E-state index contributed by atoms with van der Waals surface area (Å²) in [5.74, 6) is 0.377. The van der Waals surface area contributed by atoms with Crippen molar-refractivity contribution in [3.8, 4) is 0 Å². The summed E-state index contributed by atoms with van der Waals surface area (Å²) in [6, 6.07) is 0. The standard InChI is InChI=1S/C7H10O/c1-2-6-3-4-7(8)5-6/h3H,2,4-5H2,1H3.